The molecular weight excluding hydrogens is 182 g/mol. The minimum Gasteiger partial charge on any atom is -0.393 e. The summed E-state index contributed by atoms with van der Waals surface area (Å²) in [6, 6.07) is 0. The van der Waals surface area contributed by atoms with Crippen LogP contribution in [0.25, 0.3) is 0 Å². The molecule has 0 saturated carbocycles. The molecule has 13 heavy (non-hydrogen) atoms. The lowest BCUT2D eigenvalue weighted by Crippen LogP contribution is -2.42. The van der Waals surface area contributed by atoms with Gasteiger partial charge in [0, 0.05) is 13.1 Å². The molecule has 1 fully saturated rings. The molecule has 0 aromatic rings. The molecule has 2 nitrogen and oxygen atoms in total. The van der Waals surface area contributed by atoms with Crippen LogP contribution in [0.4, 0.5) is 0 Å². The lowest BCUT2D eigenvalue weighted by Gasteiger charge is -2.34. The van der Waals surface area contributed by atoms with E-state index in [1.165, 1.54) is 19.4 Å². The van der Waals surface area contributed by atoms with Crippen molar-refractivity contribution in [3.05, 3.63) is 0 Å². The smallest absolute Gasteiger partial charge is 0.0590 e. The van der Waals surface area contributed by atoms with E-state index in [0.29, 0.717) is 5.92 Å². The van der Waals surface area contributed by atoms with Gasteiger partial charge in [-0.05, 0) is 37.5 Å². The van der Waals surface area contributed by atoms with E-state index in [1.54, 1.807) is 0 Å². The number of hydrogen-bond acceptors (Lipinski definition) is 3. The van der Waals surface area contributed by atoms with Crippen molar-refractivity contribution in [2.45, 2.75) is 32.3 Å². The van der Waals surface area contributed by atoms with Gasteiger partial charge in [-0.3, -0.25) is 0 Å². The van der Waals surface area contributed by atoms with Gasteiger partial charge < -0.3 is 10.0 Å². The molecule has 1 saturated heterocycles. The largest absolute Gasteiger partial charge is 0.393 e. The van der Waals surface area contributed by atoms with E-state index in [2.05, 4.69) is 24.5 Å². The second-order valence-electron chi connectivity index (χ2n) is 4.06. The SMILES string of the molecule is CC1CN(CCCCS)CCC1O. The fraction of sp³-hybridized carbons (Fsp3) is 1.00. The molecule has 1 aliphatic rings. The number of unbranched alkanes of at least 4 members (excludes halogenated alkanes) is 1. The predicted molar refractivity (Wildman–Crippen MR) is 59.3 cm³/mol. The van der Waals surface area contributed by atoms with Crippen molar-refractivity contribution >= 4 is 12.6 Å². The zero-order valence-electron chi connectivity index (χ0n) is 8.45. The molecule has 0 radical (unpaired) electrons. The van der Waals surface area contributed by atoms with Crippen molar-refractivity contribution in [1.82, 2.24) is 4.90 Å². The minimum atomic E-state index is -0.0684. The molecule has 3 heteroatoms. The summed E-state index contributed by atoms with van der Waals surface area (Å²) >= 11 is 4.19. The second-order valence-corrected chi connectivity index (χ2v) is 4.51. The van der Waals surface area contributed by atoms with Gasteiger partial charge in [0.25, 0.3) is 0 Å². The van der Waals surface area contributed by atoms with Gasteiger partial charge in [-0.1, -0.05) is 6.92 Å². The van der Waals surface area contributed by atoms with Crippen LogP contribution in [0.1, 0.15) is 26.2 Å². The maximum absolute atomic E-state index is 9.53. The monoisotopic (exact) mass is 203 g/mol. The van der Waals surface area contributed by atoms with Crippen molar-refractivity contribution in [1.29, 1.82) is 0 Å². The third-order valence-electron chi connectivity index (χ3n) is 2.83. The average Bonchev–Trinajstić information content (AvgIpc) is 2.12. The quantitative estimate of drug-likeness (QED) is 0.533. The van der Waals surface area contributed by atoms with E-state index in [9.17, 15) is 5.11 Å². The summed E-state index contributed by atoms with van der Waals surface area (Å²) in [6.07, 6.45) is 3.33. The van der Waals surface area contributed by atoms with Crippen molar-refractivity contribution in [3.63, 3.8) is 0 Å². The Kier molecular flexibility index (Phi) is 5.14. The maximum atomic E-state index is 9.53. The van der Waals surface area contributed by atoms with Crippen LogP contribution in [0.5, 0.6) is 0 Å². The predicted octanol–water partition coefficient (Wildman–Crippen LogP) is 1.40. The number of piperidine rings is 1. The highest BCUT2D eigenvalue weighted by atomic mass is 32.1. The Hall–Kier alpha value is 0.270. The summed E-state index contributed by atoms with van der Waals surface area (Å²) in [7, 11) is 0. The number of rotatable bonds is 4. The van der Waals surface area contributed by atoms with Gasteiger partial charge in [-0.15, -0.1) is 0 Å². The molecule has 2 atom stereocenters. The van der Waals surface area contributed by atoms with E-state index in [0.717, 1.165) is 25.3 Å². The van der Waals surface area contributed by atoms with Crippen LogP contribution in [0.3, 0.4) is 0 Å². The number of thiol groups is 1. The third kappa shape index (κ3) is 3.88. The topological polar surface area (TPSA) is 23.5 Å². The average molecular weight is 203 g/mol. The fourth-order valence-electron chi connectivity index (χ4n) is 1.87. The van der Waals surface area contributed by atoms with Gasteiger partial charge in [0.05, 0.1) is 6.10 Å². The lowest BCUT2D eigenvalue weighted by atomic mass is 9.97. The number of nitrogens with zero attached hydrogens (tertiary/aromatic N) is 1. The molecule has 1 rings (SSSR count). The van der Waals surface area contributed by atoms with Gasteiger partial charge >= 0.3 is 0 Å². The fourth-order valence-corrected chi connectivity index (χ4v) is 2.09. The number of hydrogen-bond donors (Lipinski definition) is 2. The second kappa shape index (κ2) is 5.89. The van der Waals surface area contributed by atoms with Gasteiger partial charge in [0.2, 0.25) is 0 Å². The van der Waals surface area contributed by atoms with Gasteiger partial charge in [-0.25, -0.2) is 0 Å². The highest BCUT2D eigenvalue weighted by molar-refractivity contribution is 7.80. The first-order valence-corrected chi connectivity index (χ1v) is 5.88. The Labute approximate surface area is 86.7 Å². The summed E-state index contributed by atoms with van der Waals surface area (Å²) in [4.78, 5) is 2.46. The minimum absolute atomic E-state index is 0.0684. The van der Waals surface area contributed by atoms with Crippen LogP contribution in [0, 0.1) is 5.92 Å². The molecule has 1 N–H and O–H groups in total. The molecule has 1 heterocycles. The van der Waals surface area contributed by atoms with Gasteiger partial charge in [-0.2, -0.15) is 12.6 Å². The van der Waals surface area contributed by atoms with Crippen LogP contribution < -0.4 is 0 Å². The Morgan fingerprint density at radius 3 is 2.85 bits per heavy atom. The zero-order chi connectivity index (χ0) is 9.68. The highest BCUT2D eigenvalue weighted by Gasteiger charge is 2.23. The first-order valence-electron chi connectivity index (χ1n) is 5.25. The molecule has 0 aromatic heterocycles. The van der Waals surface area contributed by atoms with Gasteiger partial charge in [0.15, 0.2) is 0 Å². The summed E-state index contributed by atoms with van der Waals surface area (Å²) in [5.41, 5.74) is 0. The molecule has 0 amide bonds. The summed E-state index contributed by atoms with van der Waals surface area (Å²) in [6.45, 7) is 5.44. The van der Waals surface area contributed by atoms with E-state index in [4.69, 9.17) is 0 Å². The highest BCUT2D eigenvalue weighted by Crippen LogP contribution is 2.16. The van der Waals surface area contributed by atoms with Crippen LogP contribution >= 0.6 is 12.6 Å². The Balaban J connectivity index is 2.14. The number of aliphatic hydroxyl groups is 1. The summed E-state index contributed by atoms with van der Waals surface area (Å²) < 4.78 is 0. The van der Waals surface area contributed by atoms with E-state index in [1.807, 2.05) is 0 Å². The molecule has 1 aliphatic heterocycles. The van der Waals surface area contributed by atoms with Crippen molar-refractivity contribution in [2.24, 2.45) is 5.92 Å². The Morgan fingerprint density at radius 2 is 2.23 bits per heavy atom. The molecule has 0 bridgehead atoms. The number of likely N-dealkylation sites (tertiary alicyclic amines) is 1. The van der Waals surface area contributed by atoms with Crippen LogP contribution in [0.15, 0.2) is 0 Å². The van der Waals surface area contributed by atoms with Gasteiger partial charge in [0.1, 0.15) is 0 Å². The standard InChI is InChI=1S/C10H21NOS/c1-9-8-11(5-2-3-7-13)6-4-10(9)12/h9-10,12-13H,2-8H2,1H3. The first-order chi connectivity index (χ1) is 6.24. The molecule has 2 unspecified atom stereocenters. The normalized spacial score (nSPS) is 30.7. The number of aliphatic hydroxyl groups excluding tert-OH is 1. The molecule has 78 valence electrons. The van der Waals surface area contributed by atoms with Crippen LogP contribution in [0.2, 0.25) is 0 Å². The van der Waals surface area contributed by atoms with E-state index < -0.39 is 0 Å². The molecule has 0 spiro atoms. The summed E-state index contributed by atoms with van der Waals surface area (Å²) in [5, 5.41) is 9.53. The van der Waals surface area contributed by atoms with Crippen LogP contribution in [-0.4, -0.2) is 41.5 Å². The first kappa shape index (κ1) is 11.3. The Morgan fingerprint density at radius 1 is 1.46 bits per heavy atom. The zero-order valence-corrected chi connectivity index (χ0v) is 9.34. The maximum Gasteiger partial charge on any atom is 0.0590 e. The Bertz CT molecular complexity index is 143. The van der Waals surface area contributed by atoms with Crippen molar-refractivity contribution in [3.8, 4) is 0 Å². The van der Waals surface area contributed by atoms with E-state index in [-0.39, 0.29) is 6.10 Å². The van der Waals surface area contributed by atoms with E-state index >= 15 is 0 Å². The van der Waals surface area contributed by atoms with Crippen molar-refractivity contribution in [2.75, 3.05) is 25.4 Å². The lowest BCUT2D eigenvalue weighted by molar-refractivity contribution is 0.0347. The molecular formula is C10H21NOS. The summed E-state index contributed by atoms with van der Waals surface area (Å²) in [5.74, 6) is 1.44. The molecule has 0 aromatic carbocycles. The molecule has 0 aliphatic carbocycles. The van der Waals surface area contributed by atoms with Crippen molar-refractivity contribution < 1.29 is 5.11 Å². The van der Waals surface area contributed by atoms with Crippen LogP contribution in [-0.2, 0) is 0 Å². The third-order valence-corrected chi connectivity index (χ3v) is 3.14.